The Morgan fingerprint density at radius 1 is 0.892 bits per heavy atom. The van der Waals surface area contributed by atoms with E-state index in [-0.39, 0.29) is 30.2 Å². The topological polar surface area (TPSA) is 73.6 Å². The molecule has 6 nitrogen and oxygen atoms in total. The highest BCUT2D eigenvalue weighted by molar-refractivity contribution is 7.89. The van der Waals surface area contributed by atoms with E-state index in [1.807, 2.05) is 36.4 Å². The molecular formula is C27H26F3N3O3S. The van der Waals surface area contributed by atoms with Crippen LogP contribution in [0.3, 0.4) is 0 Å². The van der Waals surface area contributed by atoms with Gasteiger partial charge in [-0.3, -0.25) is 4.90 Å². The van der Waals surface area contributed by atoms with Crippen LogP contribution in [0.15, 0.2) is 83.8 Å². The molecule has 10 heteroatoms. The lowest BCUT2D eigenvalue weighted by atomic mass is 9.99. The van der Waals surface area contributed by atoms with E-state index in [9.17, 15) is 26.9 Å². The van der Waals surface area contributed by atoms with Crippen LogP contribution < -0.4 is 0 Å². The lowest BCUT2D eigenvalue weighted by Crippen LogP contribution is -2.49. The first-order chi connectivity index (χ1) is 17.7. The number of alkyl halides is 3. The zero-order valence-corrected chi connectivity index (χ0v) is 20.8. The summed E-state index contributed by atoms with van der Waals surface area (Å²) in [6.07, 6.45) is -5.13. The number of benzene rings is 3. The lowest BCUT2D eigenvalue weighted by molar-refractivity contribution is -0.137. The molecule has 0 amide bonds. The van der Waals surface area contributed by atoms with Gasteiger partial charge in [0.2, 0.25) is 10.0 Å². The van der Waals surface area contributed by atoms with Crippen molar-refractivity contribution in [2.24, 2.45) is 0 Å². The summed E-state index contributed by atoms with van der Waals surface area (Å²) in [7, 11) is -3.79. The van der Waals surface area contributed by atoms with Crippen molar-refractivity contribution in [1.29, 1.82) is 5.26 Å². The number of halogens is 3. The molecule has 0 spiro atoms. The normalized spacial score (nSPS) is 16.3. The highest BCUT2D eigenvalue weighted by atomic mass is 32.2. The van der Waals surface area contributed by atoms with Crippen molar-refractivity contribution in [2.75, 3.05) is 39.3 Å². The number of hydrogen-bond donors (Lipinski definition) is 0. The van der Waals surface area contributed by atoms with Gasteiger partial charge in [0, 0.05) is 32.7 Å². The fraction of sp³-hybridized carbons (Fsp3) is 0.296. The molecule has 1 aliphatic heterocycles. The Bertz CT molecular complexity index is 1350. The van der Waals surface area contributed by atoms with Crippen LogP contribution in [0.25, 0.3) is 0 Å². The Hall–Kier alpha value is -3.23. The van der Waals surface area contributed by atoms with Crippen LogP contribution in [0.1, 0.15) is 28.4 Å². The van der Waals surface area contributed by atoms with Gasteiger partial charge in [0.25, 0.3) is 0 Å². The molecule has 0 bridgehead atoms. The third-order valence-electron chi connectivity index (χ3n) is 6.27. The molecule has 0 aliphatic carbocycles. The largest absolute Gasteiger partial charge is 0.416 e. The number of sulfonamides is 1. The second-order valence-electron chi connectivity index (χ2n) is 8.64. The minimum absolute atomic E-state index is 0.000994. The molecule has 4 rings (SSSR count). The summed E-state index contributed by atoms with van der Waals surface area (Å²) < 4.78 is 73.4. The third-order valence-corrected chi connectivity index (χ3v) is 8.22. The molecule has 1 saturated heterocycles. The van der Waals surface area contributed by atoms with E-state index in [1.165, 1.54) is 22.5 Å². The van der Waals surface area contributed by atoms with Gasteiger partial charge in [-0.1, -0.05) is 54.6 Å². The minimum Gasteiger partial charge on any atom is -0.367 e. The Kier molecular flexibility index (Phi) is 8.29. The van der Waals surface area contributed by atoms with Gasteiger partial charge in [0.15, 0.2) is 0 Å². The average molecular weight is 530 g/mol. The number of ether oxygens (including phenoxy) is 1. The van der Waals surface area contributed by atoms with Crippen molar-refractivity contribution < 1.29 is 26.3 Å². The first-order valence-electron chi connectivity index (χ1n) is 11.8. The van der Waals surface area contributed by atoms with Gasteiger partial charge in [-0.25, -0.2) is 8.42 Å². The molecule has 3 aromatic rings. The molecule has 1 heterocycles. The second kappa shape index (κ2) is 11.4. The molecule has 0 unspecified atom stereocenters. The van der Waals surface area contributed by atoms with Crippen molar-refractivity contribution in [3.8, 4) is 6.07 Å². The van der Waals surface area contributed by atoms with Gasteiger partial charge >= 0.3 is 6.18 Å². The maximum absolute atomic E-state index is 13.3. The SMILES string of the molecule is N#Cc1ccccc1S(=O)(=O)N1CCN(CCO[C@H](c2ccccc2)c2cccc(C(F)(F)F)c2)CC1. The van der Waals surface area contributed by atoms with Gasteiger partial charge in [-0.15, -0.1) is 0 Å². The third kappa shape index (κ3) is 6.37. The van der Waals surface area contributed by atoms with E-state index in [2.05, 4.69) is 4.90 Å². The van der Waals surface area contributed by atoms with Gasteiger partial charge < -0.3 is 4.74 Å². The second-order valence-corrected chi connectivity index (χ2v) is 10.5. The van der Waals surface area contributed by atoms with Crippen molar-refractivity contribution in [2.45, 2.75) is 17.2 Å². The summed E-state index contributed by atoms with van der Waals surface area (Å²) in [5.41, 5.74) is 0.534. The summed E-state index contributed by atoms with van der Waals surface area (Å²) >= 11 is 0. The smallest absolute Gasteiger partial charge is 0.367 e. The average Bonchev–Trinajstić information content (AvgIpc) is 2.91. The molecule has 0 N–H and O–H groups in total. The van der Waals surface area contributed by atoms with Crippen LogP contribution in [0.4, 0.5) is 13.2 Å². The zero-order valence-electron chi connectivity index (χ0n) is 19.9. The van der Waals surface area contributed by atoms with E-state index in [1.54, 1.807) is 18.2 Å². The van der Waals surface area contributed by atoms with E-state index in [0.717, 1.165) is 17.7 Å². The van der Waals surface area contributed by atoms with Gasteiger partial charge in [0.05, 0.1) is 22.6 Å². The number of piperazine rings is 1. The first-order valence-corrected chi connectivity index (χ1v) is 13.2. The van der Waals surface area contributed by atoms with Crippen LogP contribution >= 0.6 is 0 Å². The Morgan fingerprint density at radius 3 is 2.22 bits per heavy atom. The number of rotatable bonds is 8. The Balaban J connectivity index is 1.39. The summed E-state index contributed by atoms with van der Waals surface area (Å²) in [5.74, 6) is 0. The van der Waals surface area contributed by atoms with E-state index < -0.39 is 27.9 Å². The van der Waals surface area contributed by atoms with E-state index >= 15 is 0 Å². The van der Waals surface area contributed by atoms with Gasteiger partial charge in [0.1, 0.15) is 12.2 Å². The van der Waals surface area contributed by atoms with Crippen molar-refractivity contribution in [3.05, 3.63) is 101 Å². The van der Waals surface area contributed by atoms with Crippen LogP contribution in [-0.2, 0) is 20.9 Å². The molecule has 1 fully saturated rings. The molecule has 37 heavy (non-hydrogen) atoms. The maximum atomic E-state index is 13.3. The van der Waals surface area contributed by atoms with Crippen LogP contribution in [0.2, 0.25) is 0 Å². The minimum atomic E-state index is -4.45. The van der Waals surface area contributed by atoms with E-state index in [4.69, 9.17) is 4.74 Å². The Morgan fingerprint density at radius 2 is 1.54 bits per heavy atom. The van der Waals surface area contributed by atoms with Crippen molar-refractivity contribution in [3.63, 3.8) is 0 Å². The van der Waals surface area contributed by atoms with Crippen LogP contribution in [-0.4, -0.2) is 57.0 Å². The summed E-state index contributed by atoms with van der Waals surface area (Å²) in [6.45, 7) is 2.20. The molecule has 0 saturated carbocycles. The molecule has 0 radical (unpaired) electrons. The predicted octanol–water partition coefficient (Wildman–Crippen LogP) is 4.69. The molecule has 3 aromatic carbocycles. The monoisotopic (exact) mass is 529 g/mol. The Labute approximate surface area is 214 Å². The van der Waals surface area contributed by atoms with Crippen molar-refractivity contribution in [1.82, 2.24) is 9.21 Å². The quantitative estimate of drug-likeness (QED) is 0.423. The number of nitrogens with zero attached hydrogens (tertiary/aromatic N) is 3. The first kappa shape index (κ1) is 26.8. The fourth-order valence-corrected chi connectivity index (χ4v) is 5.87. The van der Waals surface area contributed by atoms with Gasteiger partial charge in [-0.2, -0.15) is 22.7 Å². The zero-order chi connectivity index (χ0) is 26.5. The summed E-state index contributed by atoms with van der Waals surface area (Å²) in [4.78, 5) is 2.05. The number of nitriles is 1. The van der Waals surface area contributed by atoms with Crippen LogP contribution in [0.5, 0.6) is 0 Å². The van der Waals surface area contributed by atoms with Crippen LogP contribution in [0, 0.1) is 11.3 Å². The highest BCUT2D eigenvalue weighted by Gasteiger charge is 2.32. The molecular weight excluding hydrogens is 503 g/mol. The van der Waals surface area contributed by atoms with E-state index in [0.29, 0.717) is 25.2 Å². The highest BCUT2D eigenvalue weighted by Crippen LogP contribution is 2.33. The molecule has 0 aromatic heterocycles. The molecule has 1 atom stereocenters. The maximum Gasteiger partial charge on any atom is 0.416 e. The molecule has 1 aliphatic rings. The van der Waals surface area contributed by atoms with Gasteiger partial charge in [-0.05, 0) is 35.4 Å². The summed E-state index contributed by atoms with van der Waals surface area (Å²) in [5, 5.41) is 9.27. The lowest BCUT2D eigenvalue weighted by Gasteiger charge is -2.34. The van der Waals surface area contributed by atoms with Crippen molar-refractivity contribution >= 4 is 10.0 Å². The molecule has 194 valence electrons. The standard InChI is InChI=1S/C27H26F3N3O3S/c28-27(29,30)24-11-6-10-22(19-24)26(21-7-2-1-3-8-21)36-18-17-32-13-15-33(16-14-32)37(34,35)25-12-5-4-9-23(25)20-31/h1-12,19,26H,13-18H2/t26-/m1/s1. The summed E-state index contributed by atoms with van der Waals surface area (Å²) in [6, 6.07) is 22.3. The predicted molar refractivity (Wildman–Crippen MR) is 132 cm³/mol. The number of hydrogen-bond acceptors (Lipinski definition) is 5. The fourth-order valence-electron chi connectivity index (χ4n) is 4.31.